The Balaban J connectivity index is 0.00000242. The van der Waals surface area contributed by atoms with Crippen molar-refractivity contribution in [1.29, 1.82) is 0 Å². The molecule has 0 spiro atoms. The van der Waals surface area contributed by atoms with Crippen molar-refractivity contribution in [2.24, 2.45) is 5.73 Å². The summed E-state index contributed by atoms with van der Waals surface area (Å²) >= 11 is 0. The van der Waals surface area contributed by atoms with Crippen LogP contribution in [0.2, 0.25) is 0 Å². The number of benzene rings is 2. The minimum atomic E-state index is -0.0979. The zero-order valence-corrected chi connectivity index (χ0v) is 14.2. The Morgan fingerprint density at radius 1 is 0.955 bits per heavy atom. The molecule has 2 nitrogen and oxygen atoms in total. The third kappa shape index (κ3) is 3.68. The summed E-state index contributed by atoms with van der Waals surface area (Å²) in [5.41, 5.74) is 8.14. The molecule has 0 aliphatic heterocycles. The molecule has 2 aromatic rings. The molecule has 0 heterocycles. The van der Waals surface area contributed by atoms with Crippen molar-refractivity contribution in [3.05, 3.63) is 48.0 Å². The van der Waals surface area contributed by atoms with Crippen molar-refractivity contribution >= 4 is 10.8 Å². The van der Waals surface area contributed by atoms with Crippen LogP contribution in [0.4, 0.5) is 0 Å². The van der Waals surface area contributed by atoms with Crippen LogP contribution < -0.4 is 5.73 Å². The Bertz CT molecular complexity index is 569. The Kier molecular flexibility index (Phi) is 7.05. The molecule has 0 radical (unpaired) electrons. The number of hydrogen-bond donors (Lipinski definition) is 1. The van der Waals surface area contributed by atoms with Gasteiger partial charge in [-0.2, -0.15) is 0 Å². The van der Waals surface area contributed by atoms with E-state index in [-0.39, 0.29) is 11.0 Å². The Labute approximate surface area is 135 Å². The Morgan fingerprint density at radius 3 is 2.23 bits per heavy atom. The lowest BCUT2D eigenvalue weighted by Crippen LogP contribution is -2.44. The molecule has 1 atom stereocenters. The zero-order chi connectivity index (χ0) is 15.3. The van der Waals surface area contributed by atoms with E-state index in [2.05, 4.69) is 63.2 Å². The summed E-state index contributed by atoms with van der Waals surface area (Å²) in [6, 6.07) is 15.4. The quantitative estimate of drug-likeness (QED) is 0.784. The summed E-state index contributed by atoms with van der Waals surface area (Å²) in [5.74, 6) is 0.443. The van der Waals surface area contributed by atoms with E-state index in [0.717, 1.165) is 12.8 Å². The topological polar surface area (TPSA) is 57.5 Å². The van der Waals surface area contributed by atoms with Gasteiger partial charge in [0.25, 0.3) is 0 Å². The lowest BCUT2D eigenvalue weighted by atomic mass is 9.72. The lowest BCUT2D eigenvalue weighted by Gasteiger charge is -2.37. The van der Waals surface area contributed by atoms with Crippen LogP contribution in [0.15, 0.2) is 42.5 Å². The fraction of sp³-hybridized carbons (Fsp3) is 0.500. The smallest absolute Gasteiger partial charge is 0.0218 e. The van der Waals surface area contributed by atoms with Crippen LogP contribution in [-0.4, -0.2) is 11.0 Å². The maximum absolute atomic E-state index is 6.80. The normalized spacial score (nSPS) is 12.9. The first-order valence-electron chi connectivity index (χ1n) is 8.42. The molecule has 0 saturated heterocycles. The van der Waals surface area contributed by atoms with E-state index in [1.807, 2.05) is 0 Å². The summed E-state index contributed by atoms with van der Waals surface area (Å²) < 4.78 is 0. The van der Waals surface area contributed by atoms with E-state index in [4.69, 9.17) is 5.73 Å². The largest absolute Gasteiger partial charge is 0.412 e. The molecule has 0 aliphatic carbocycles. The maximum atomic E-state index is 6.80. The van der Waals surface area contributed by atoms with Gasteiger partial charge in [-0.15, -0.1) is 0 Å². The van der Waals surface area contributed by atoms with Crippen molar-refractivity contribution in [3.8, 4) is 0 Å². The van der Waals surface area contributed by atoms with Crippen LogP contribution in [0.1, 0.15) is 64.4 Å². The van der Waals surface area contributed by atoms with E-state index in [9.17, 15) is 0 Å². The number of fused-ring (bicyclic) bond motifs is 1. The number of rotatable bonds is 7. The molecule has 2 rings (SSSR count). The van der Waals surface area contributed by atoms with Gasteiger partial charge in [-0.25, -0.2) is 0 Å². The van der Waals surface area contributed by atoms with Gasteiger partial charge >= 0.3 is 0 Å². The third-order valence-electron chi connectivity index (χ3n) is 5.06. The first-order valence-corrected chi connectivity index (χ1v) is 8.42. The molecular weight excluding hydrogens is 270 g/mol. The minimum absolute atomic E-state index is 0. The highest BCUT2D eigenvalue weighted by Crippen LogP contribution is 2.39. The molecule has 0 bridgehead atoms. The highest BCUT2D eigenvalue weighted by molar-refractivity contribution is 5.86. The molecule has 0 fully saturated rings. The molecule has 22 heavy (non-hydrogen) atoms. The van der Waals surface area contributed by atoms with E-state index in [1.165, 1.54) is 35.6 Å². The highest BCUT2D eigenvalue weighted by Gasteiger charge is 2.33. The van der Waals surface area contributed by atoms with Crippen LogP contribution in [0.3, 0.4) is 0 Å². The van der Waals surface area contributed by atoms with Gasteiger partial charge in [-0.05, 0) is 35.6 Å². The van der Waals surface area contributed by atoms with Gasteiger partial charge < -0.3 is 11.2 Å². The van der Waals surface area contributed by atoms with Gasteiger partial charge in [0.05, 0.1) is 0 Å². The van der Waals surface area contributed by atoms with Gasteiger partial charge in [-0.3, -0.25) is 0 Å². The number of hydrogen-bond acceptors (Lipinski definition) is 1. The number of unbranched alkanes of at least 4 members (excludes halogenated alkanes) is 1. The van der Waals surface area contributed by atoms with Gasteiger partial charge in [0.2, 0.25) is 0 Å². The maximum Gasteiger partial charge on any atom is 0.0218 e. The fourth-order valence-corrected chi connectivity index (χ4v) is 3.46. The molecule has 4 N–H and O–H groups in total. The van der Waals surface area contributed by atoms with Crippen LogP contribution in [-0.2, 0) is 0 Å². The van der Waals surface area contributed by atoms with E-state index < -0.39 is 0 Å². The first kappa shape index (κ1) is 18.7. The molecule has 2 aromatic carbocycles. The molecule has 122 valence electrons. The first-order chi connectivity index (χ1) is 10.2. The average Bonchev–Trinajstić information content (AvgIpc) is 2.55. The zero-order valence-electron chi connectivity index (χ0n) is 14.2. The summed E-state index contributed by atoms with van der Waals surface area (Å²) in [7, 11) is 0. The SMILES string of the molecule is CCCCC(c1cccc2ccccc12)C(N)(CC)CC.O. The molecule has 2 heteroatoms. The molecule has 0 aromatic heterocycles. The van der Waals surface area contributed by atoms with Gasteiger partial charge in [0, 0.05) is 11.5 Å². The Morgan fingerprint density at radius 2 is 1.59 bits per heavy atom. The molecule has 0 amide bonds. The van der Waals surface area contributed by atoms with Gasteiger partial charge in [0.1, 0.15) is 0 Å². The molecule has 0 saturated carbocycles. The van der Waals surface area contributed by atoms with Crippen molar-refractivity contribution in [1.82, 2.24) is 0 Å². The monoisotopic (exact) mass is 301 g/mol. The van der Waals surface area contributed by atoms with Crippen molar-refractivity contribution in [2.75, 3.05) is 0 Å². The second kappa shape index (κ2) is 8.30. The number of nitrogens with two attached hydrogens (primary N) is 1. The van der Waals surface area contributed by atoms with Crippen LogP contribution in [0.25, 0.3) is 10.8 Å². The van der Waals surface area contributed by atoms with E-state index >= 15 is 0 Å². The standard InChI is InChI=1S/C20H29N.H2O/c1-4-7-15-19(20(21,5-2)6-3)18-14-10-12-16-11-8-9-13-17(16)18;/h8-14,19H,4-7,15,21H2,1-3H3;1H2. The predicted molar refractivity (Wildman–Crippen MR) is 97.3 cm³/mol. The highest BCUT2D eigenvalue weighted by atomic mass is 16.0. The van der Waals surface area contributed by atoms with Gasteiger partial charge in [-0.1, -0.05) is 76.1 Å². The second-order valence-electron chi connectivity index (χ2n) is 6.20. The van der Waals surface area contributed by atoms with E-state index in [0.29, 0.717) is 5.92 Å². The van der Waals surface area contributed by atoms with E-state index in [1.54, 1.807) is 0 Å². The average molecular weight is 301 g/mol. The third-order valence-corrected chi connectivity index (χ3v) is 5.06. The summed E-state index contributed by atoms with van der Waals surface area (Å²) in [4.78, 5) is 0. The van der Waals surface area contributed by atoms with Crippen LogP contribution in [0, 0.1) is 0 Å². The molecule has 0 aliphatic rings. The second-order valence-corrected chi connectivity index (χ2v) is 6.20. The lowest BCUT2D eigenvalue weighted by molar-refractivity contribution is 0.303. The molecular formula is C20H31NO. The summed E-state index contributed by atoms with van der Waals surface area (Å²) in [6.07, 6.45) is 5.71. The fourth-order valence-electron chi connectivity index (χ4n) is 3.46. The van der Waals surface area contributed by atoms with Gasteiger partial charge in [0.15, 0.2) is 0 Å². The Hall–Kier alpha value is -1.38. The van der Waals surface area contributed by atoms with Crippen molar-refractivity contribution in [3.63, 3.8) is 0 Å². The van der Waals surface area contributed by atoms with Crippen molar-refractivity contribution < 1.29 is 5.48 Å². The van der Waals surface area contributed by atoms with Crippen LogP contribution >= 0.6 is 0 Å². The van der Waals surface area contributed by atoms with Crippen LogP contribution in [0.5, 0.6) is 0 Å². The predicted octanol–water partition coefficient (Wildman–Crippen LogP) is 4.81. The minimum Gasteiger partial charge on any atom is -0.412 e. The summed E-state index contributed by atoms with van der Waals surface area (Å²) in [6.45, 7) is 6.72. The molecule has 1 unspecified atom stereocenters. The van der Waals surface area contributed by atoms with Crippen molar-refractivity contribution in [2.45, 2.75) is 64.3 Å². The summed E-state index contributed by atoms with van der Waals surface area (Å²) in [5, 5.41) is 2.70.